The number of hydrogen-bond donors (Lipinski definition) is 0. The zero-order valence-electron chi connectivity index (χ0n) is 13.9. The molecule has 0 aromatic carbocycles. The van der Waals surface area contributed by atoms with Crippen molar-refractivity contribution in [2.45, 2.75) is 45.3 Å². The van der Waals surface area contributed by atoms with Gasteiger partial charge in [0, 0.05) is 39.3 Å². The minimum Gasteiger partial charge on any atom is -0.375 e. The topological polar surface area (TPSA) is 36.0 Å². The highest BCUT2D eigenvalue weighted by Crippen LogP contribution is 2.13. The van der Waals surface area contributed by atoms with E-state index >= 15 is 0 Å². The summed E-state index contributed by atoms with van der Waals surface area (Å²) in [6.45, 7) is 11.2. The van der Waals surface area contributed by atoms with Gasteiger partial charge in [0.05, 0.1) is 19.1 Å². The minimum absolute atomic E-state index is 0.0582. The molecule has 0 aromatic rings. The fourth-order valence-electron chi connectivity index (χ4n) is 3.11. The molecule has 0 bridgehead atoms. The van der Waals surface area contributed by atoms with Crippen LogP contribution in [0.5, 0.6) is 0 Å². The zero-order valence-corrected chi connectivity index (χ0v) is 13.9. The fourth-order valence-corrected chi connectivity index (χ4v) is 3.11. The number of likely N-dealkylation sites (N-methyl/N-ethyl adjacent to an activating group) is 1. The standard InChI is InChI=1S/C16H31N3O2/c1-14(2)19-10-11-21-15(13-19)12-16(20)17(3)8-9-18-6-4-5-7-18/h14-15H,4-13H2,1-3H3/t15-/m1/s1. The number of rotatable bonds is 6. The predicted octanol–water partition coefficient (Wildman–Crippen LogP) is 1.04. The Morgan fingerprint density at radius 2 is 2.00 bits per heavy atom. The van der Waals surface area contributed by atoms with Crippen LogP contribution in [-0.2, 0) is 9.53 Å². The van der Waals surface area contributed by atoms with Crippen LogP contribution in [0.3, 0.4) is 0 Å². The zero-order chi connectivity index (χ0) is 15.2. The molecule has 122 valence electrons. The Balaban J connectivity index is 1.69. The Morgan fingerprint density at radius 3 is 2.67 bits per heavy atom. The van der Waals surface area contributed by atoms with E-state index in [1.54, 1.807) is 0 Å². The molecule has 5 heteroatoms. The lowest BCUT2D eigenvalue weighted by atomic mass is 10.1. The van der Waals surface area contributed by atoms with Crippen molar-refractivity contribution in [3.05, 3.63) is 0 Å². The van der Waals surface area contributed by atoms with Crippen LogP contribution in [0.4, 0.5) is 0 Å². The minimum atomic E-state index is 0.0582. The van der Waals surface area contributed by atoms with Crippen molar-refractivity contribution in [3.8, 4) is 0 Å². The van der Waals surface area contributed by atoms with Crippen molar-refractivity contribution >= 4 is 5.91 Å². The van der Waals surface area contributed by atoms with Crippen LogP contribution in [0.1, 0.15) is 33.1 Å². The van der Waals surface area contributed by atoms with Crippen molar-refractivity contribution in [2.75, 3.05) is 52.9 Å². The van der Waals surface area contributed by atoms with Crippen LogP contribution < -0.4 is 0 Å². The summed E-state index contributed by atoms with van der Waals surface area (Å²) < 4.78 is 5.76. The summed E-state index contributed by atoms with van der Waals surface area (Å²) in [5.41, 5.74) is 0. The van der Waals surface area contributed by atoms with Gasteiger partial charge in [-0.3, -0.25) is 9.69 Å². The molecular formula is C16H31N3O2. The Kier molecular flexibility index (Phi) is 6.45. The SMILES string of the molecule is CC(C)N1CCO[C@H](CC(=O)N(C)CCN2CCCC2)C1. The van der Waals surface area contributed by atoms with Gasteiger partial charge in [-0.25, -0.2) is 0 Å². The molecule has 2 rings (SSSR count). The first-order valence-electron chi connectivity index (χ1n) is 8.38. The second-order valence-corrected chi connectivity index (χ2v) is 6.65. The molecule has 2 fully saturated rings. The van der Waals surface area contributed by atoms with Gasteiger partial charge in [0.15, 0.2) is 0 Å². The maximum absolute atomic E-state index is 12.3. The summed E-state index contributed by atoms with van der Waals surface area (Å²) in [4.78, 5) is 19.0. The number of hydrogen-bond acceptors (Lipinski definition) is 4. The van der Waals surface area contributed by atoms with E-state index in [0.717, 1.165) is 32.8 Å². The molecule has 2 saturated heterocycles. The molecule has 0 radical (unpaired) electrons. The average molecular weight is 297 g/mol. The normalized spacial score (nSPS) is 24.7. The fraction of sp³-hybridized carbons (Fsp3) is 0.938. The van der Waals surface area contributed by atoms with Gasteiger partial charge in [0.25, 0.3) is 0 Å². The van der Waals surface area contributed by atoms with Crippen molar-refractivity contribution < 1.29 is 9.53 Å². The second-order valence-electron chi connectivity index (χ2n) is 6.65. The van der Waals surface area contributed by atoms with Gasteiger partial charge in [0.2, 0.25) is 5.91 Å². The van der Waals surface area contributed by atoms with Crippen molar-refractivity contribution in [2.24, 2.45) is 0 Å². The first kappa shape index (κ1) is 16.7. The van der Waals surface area contributed by atoms with E-state index in [-0.39, 0.29) is 12.0 Å². The maximum atomic E-state index is 12.3. The number of ether oxygens (including phenoxy) is 1. The van der Waals surface area contributed by atoms with E-state index in [1.807, 2.05) is 11.9 Å². The van der Waals surface area contributed by atoms with Crippen LogP contribution in [-0.4, -0.2) is 85.7 Å². The Hall–Kier alpha value is -0.650. The molecule has 0 aliphatic carbocycles. The van der Waals surface area contributed by atoms with Gasteiger partial charge < -0.3 is 14.5 Å². The Bertz CT molecular complexity index is 329. The third kappa shape index (κ3) is 5.24. The monoisotopic (exact) mass is 297 g/mol. The molecule has 0 N–H and O–H groups in total. The lowest BCUT2D eigenvalue weighted by Gasteiger charge is -2.35. The van der Waals surface area contributed by atoms with Crippen LogP contribution in [0.15, 0.2) is 0 Å². The third-order valence-electron chi connectivity index (χ3n) is 4.68. The van der Waals surface area contributed by atoms with E-state index in [9.17, 15) is 4.79 Å². The van der Waals surface area contributed by atoms with E-state index < -0.39 is 0 Å². The number of carbonyl (C=O) groups is 1. The molecule has 2 heterocycles. The molecule has 0 aromatic heterocycles. The van der Waals surface area contributed by atoms with Gasteiger partial charge in [0.1, 0.15) is 0 Å². The smallest absolute Gasteiger partial charge is 0.225 e. The molecule has 0 unspecified atom stereocenters. The van der Waals surface area contributed by atoms with E-state index in [4.69, 9.17) is 4.74 Å². The summed E-state index contributed by atoms with van der Waals surface area (Å²) in [6, 6.07) is 0.527. The number of amides is 1. The number of likely N-dealkylation sites (tertiary alicyclic amines) is 1. The summed E-state index contributed by atoms with van der Waals surface area (Å²) in [7, 11) is 1.92. The highest BCUT2D eigenvalue weighted by atomic mass is 16.5. The van der Waals surface area contributed by atoms with Crippen LogP contribution >= 0.6 is 0 Å². The van der Waals surface area contributed by atoms with Gasteiger partial charge in [-0.15, -0.1) is 0 Å². The van der Waals surface area contributed by atoms with Crippen LogP contribution in [0.2, 0.25) is 0 Å². The number of carbonyl (C=O) groups excluding carboxylic acids is 1. The van der Waals surface area contributed by atoms with Gasteiger partial charge >= 0.3 is 0 Å². The predicted molar refractivity (Wildman–Crippen MR) is 84.4 cm³/mol. The first-order valence-corrected chi connectivity index (χ1v) is 8.38. The number of nitrogens with zero attached hydrogens (tertiary/aromatic N) is 3. The third-order valence-corrected chi connectivity index (χ3v) is 4.68. The molecular weight excluding hydrogens is 266 g/mol. The van der Waals surface area contributed by atoms with E-state index in [1.165, 1.54) is 25.9 Å². The highest BCUT2D eigenvalue weighted by Gasteiger charge is 2.25. The maximum Gasteiger partial charge on any atom is 0.225 e. The number of morpholine rings is 1. The highest BCUT2D eigenvalue weighted by molar-refractivity contribution is 5.76. The van der Waals surface area contributed by atoms with Crippen LogP contribution in [0.25, 0.3) is 0 Å². The van der Waals surface area contributed by atoms with Crippen molar-refractivity contribution in [1.82, 2.24) is 14.7 Å². The van der Waals surface area contributed by atoms with Gasteiger partial charge in [-0.2, -0.15) is 0 Å². The molecule has 1 atom stereocenters. The molecule has 21 heavy (non-hydrogen) atoms. The molecule has 5 nitrogen and oxygen atoms in total. The molecule has 0 saturated carbocycles. The van der Waals surface area contributed by atoms with E-state index in [2.05, 4.69) is 23.6 Å². The lowest BCUT2D eigenvalue weighted by molar-refractivity contribution is -0.135. The van der Waals surface area contributed by atoms with Gasteiger partial charge in [-0.1, -0.05) is 0 Å². The quantitative estimate of drug-likeness (QED) is 0.734. The van der Waals surface area contributed by atoms with Crippen molar-refractivity contribution in [3.63, 3.8) is 0 Å². The summed E-state index contributed by atoms with van der Waals surface area (Å²) in [5.74, 6) is 0.213. The summed E-state index contributed by atoms with van der Waals surface area (Å²) in [5, 5.41) is 0. The molecule has 2 aliphatic heterocycles. The molecule has 1 amide bonds. The Labute approximate surface area is 129 Å². The average Bonchev–Trinajstić information content (AvgIpc) is 2.98. The Morgan fingerprint density at radius 1 is 1.29 bits per heavy atom. The van der Waals surface area contributed by atoms with Crippen LogP contribution in [0, 0.1) is 0 Å². The second kappa shape index (κ2) is 8.11. The first-order chi connectivity index (χ1) is 10.1. The van der Waals surface area contributed by atoms with Crippen molar-refractivity contribution in [1.29, 1.82) is 0 Å². The van der Waals surface area contributed by atoms with Gasteiger partial charge in [-0.05, 0) is 39.8 Å². The summed E-state index contributed by atoms with van der Waals surface area (Å²) in [6.07, 6.45) is 3.18. The lowest BCUT2D eigenvalue weighted by Crippen LogP contribution is -2.47. The van der Waals surface area contributed by atoms with E-state index in [0.29, 0.717) is 12.5 Å². The largest absolute Gasteiger partial charge is 0.375 e. The molecule has 0 spiro atoms. The molecule has 2 aliphatic rings. The summed E-state index contributed by atoms with van der Waals surface area (Å²) >= 11 is 0.